The van der Waals surface area contributed by atoms with Crippen molar-refractivity contribution in [1.29, 1.82) is 0 Å². The largest absolute Gasteiger partial charge is 0.256 e. The maximum atomic E-state index is 5.21. The molecular weight excluding hydrogens is 538 g/mol. The molecule has 4 aromatic heterocycles. The van der Waals surface area contributed by atoms with Crippen molar-refractivity contribution in [2.24, 2.45) is 0 Å². The van der Waals surface area contributed by atoms with Crippen LogP contribution in [0.1, 0.15) is 11.4 Å². The zero-order valence-electron chi connectivity index (χ0n) is 24.4. The van der Waals surface area contributed by atoms with Crippen LogP contribution in [0.3, 0.4) is 0 Å². The van der Waals surface area contributed by atoms with E-state index in [0.29, 0.717) is 5.82 Å². The molecule has 0 aliphatic heterocycles. The zero-order chi connectivity index (χ0) is 29.6. The van der Waals surface area contributed by atoms with Gasteiger partial charge in [0, 0.05) is 56.0 Å². The highest BCUT2D eigenvalue weighted by Crippen LogP contribution is 2.35. The molecule has 4 heterocycles. The third kappa shape index (κ3) is 4.56. The normalized spacial score (nSPS) is 11.4. The topological polar surface area (TPSA) is 64.5 Å². The molecule has 0 radical (unpaired) electrons. The number of rotatable bonds is 4. The minimum atomic E-state index is 0.661. The van der Waals surface area contributed by atoms with Crippen molar-refractivity contribution >= 4 is 32.7 Å². The molecule has 0 amide bonds. The summed E-state index contributed by atoms with van der Waals surface area (Å²) in [6, 6.07) is 41.6. The molecule has 0 atom stereocenters. The number of aryl methyl sites for hydroxylation is 2. The van der Waals surface area contributed by atoms with E-state index in [9.17, 15) is 0 Å². The Kier molecular flexibility index (Phi) is 6.16. The smallest absolute Gasteiger partial charge is 0.160 e. The van der Waals surface area contributed by atoms with E-state index in [-0.39, 0.29) is 0 Å². The van der Waals surface area contributed by atoms with Gasteiger partial charge in [0.1, 0.15) is 0 Å². The number of para-hydroxylation sites is 1. The molecule has 5 heteroatoms. The summed E-state index contributed by atoms with van der Waals surface area (Å²) in [5.74, 6) is 0.661. The number of hydrogen-bond acceptors (Lipinski definition) is 5. The van der Waals surface area contributed by atoms with Crippen LogP contribution in [0.5, 0.6) is 0 Å². The summed E-state index contributed by atoms with van der Waals surface area (Å²) in [6.07, 6.45) is 1.84. The Labute approximate surface area is 255 Å². The zero-order valence-corrected chi connectivity index (χ0v) is 24.4. The highest BCUT2D eigenvalue weighted by molar-refractivity contribution is 6.08. The predicted molar refractivity (Wildman–Crippen MR) is 179 cm³/mol. The van der Waals surface area contributed by atoms with Crippen LogP contribution in [0.4, 0.5) is 0 Å². The Morgan fingerprint density at radius 2 is 1.16 bits per heavy atom. The first-order chi connectivity index (χ1) is 21.6. The van der Waals surface area contributed by atoms with Gasteiger partial charge in [0.05, 0.1) is 27.9 Å². The Balaban J connectivity index is 1.36. The fourth-order valence-corrected chi connectivity index (χ4v) is 5.94. The van der Waals surface area contributed by atoms with Gasteiger partial charge in [0.2, 0.25) is 0 Å². The summed E-state index contributed by atoms with van der Waals surface area (Å²) in [7, 11) is 0. The van der Waals surface area contributed by atoms with Crippen LogP contribution >= 0.6 is 0 Å². The van der Waals surface area contributed by atoms with Crippen LogP contribution < -0.4 is 0 Å². The molecule has 8 aromatic rings. The number of nitrogens with zero attached hydrogens (tertiary/aromatic N) is 5. The maximum absolute atomic E-state index is 5.21. The average Bonchev–Trinajstić information content (AvgIpc) is 3.08. The van der Waals surface area contributed by atoms with Crippen molar-refractivity contribution in [1.82, 2.24) is 24.9 Å². The molecule has 4 aromatic carbocycles. The molecule has 5 nitrogen and oxygen atoms in total. The van der Waals surface area contributed by atoms with Crippen LogP contribution in [0.15, 0.2) is 128 Å². The molecule has 0 fully saturated rings. The van der Waals surface area contributed by atoms with E-state index in [4.69, 9.17) is 19.9 Å². The van der Waals surface area contributed by atoms with Crippen molar-refractivity contribution in [3.05, 3.63) is 139 Å². The third-order valence-electron chi connectivity index (χ3n) is 8.04. The van der Waals surface area contributed by atoms with Gasteiger partial charge in [-0.25, -0.2) is 9.97 Å². The van der Waals surface area contributed by atoms with Crippen LogP contribution in [0, 0.1) is 13.8 Å². The number of benzene rings is 4. The quantitative estimate of drug-likeness (QED) is 0.199. The molecule has 44 heavy (non-hydrogen) atoms. The first-order valence-corrected chi connectivity index (χ1v) is 14.7. The van der Waals surface area contributed by atoms with E-state index >= 15 is 0 Å². The van der Waals surface area contributed by atoms with Crippen molar-refractivity contribution in [3.63, 3.8) is 0 Å². The molecule has 0 N–H and O–H groups in total. The summed E-state index contributed by atoms with van der Waals surface area (Å²) in [5, 5.41) is 3.19. The second kappa shape index (κ2) is 10.5. The lowest BCUT2D eigenvalue weighted by atomic mass is 9.99. The molecule has 0 aliphatic carbocycles. The summed E-state index contributed by atoms with van der Waals surface area (Å²) in [4.78, 5) is 24.8. The van der Waals surface area contributed by atoms with Gasteiger partial charge in [-0.3, -0.25) is 15.0 Å². The molecule has 8 rings (SSSR count). The molecule has 208 valence electrons. The standard InChI is InChI=1S/C39H27N5/c1-24-16-17-28-18-19-32-33(21-25(2)42-38(32)37(28)41-24)35-23-34(26-9-4-3-5-10-26)43-39(44-35)30-13-6-12-29(22-30)31-15-7-11-27-14-8-20-40-36(27)31/h3-23H,1-2H3. The molecule has 0 unspecified atom stereocenters. The van der Waals surface area contributed by atoms with E-state index in [2.05, 4.69) is 96.0 Å². The van der Waals surface area contributed by atoms with Crippen molar-refractivity contribution in [2.45, 2.75) is 13.8 Å². The summed E-state index contributed by atoms with van der Waals surface area (Å²) < 4.78 is 0. The second-order valence-corrected chi connectivity index (χ2v) is 11.1. The van der Waals surface area contributed by atoms with Gasteiger partial charge in [-0.05, 0) is 49.7 Å². The van der Waals surface area contributed by atoms with E-state index in [0.717, 1.165) is 83.3 Å². The number of aromatic nitrogens is 5. The minimum absolute atomic E-state index is 0.661. The lowest BCUT2D eigenvalue weighted by Crippen LogP contribution is -1.98. The fourth-order valence-electron chi connectivity index (χ4n) is 5.94. The predicted octanol–water partition coefficient (Wildman–Crippen LogP) is 9.41. The third-order valence-corrected chi connectivity index (χ3v) is 8.04. The van der Waals surface area contributed by atoms with Gasteiger partial charge in [0.15, 0.2) is 5.82 Å². The van der Waals surface area contributed by atoms with Crippen LogP contribution in [0.2, 0.25) is 0 Å². The molecule has 0 aliphatic rings. The molecule has 0 bridgehead atoms. The Hall–Kier alpha value is -5.81. The lowest BCUT2D eigenvalue weighted by Gasteiger charge is -2.13. The van der Waals surface area contributed by atoms with Crippen LogP contribution in [-0.4, -0.2) is 24.9 Å². The van der Waals surface area contributed by atoms with Gasteiger partial charge in [-0.1, -0.05) is 91.0 Å². The van der Waals surface area contributed by atoms with Crippen LogP contribution in [0.25, 0.3) is 77.7 Å². The van der Waals surface area contributed by atoms with E-state index in [1.165, 1.54) is 0 Å². The van der Waals surface area contributed by atoms with E-state index < -0.39 is 0 Å². The van der Waals surface area contributed by atoms with Gasteiger partial charge in [-0.15, -0.1) is 0 Å². The Bertz CT molecular complexity index is 2360. The summed E-state index contributed by atoms with van der Waals surface area (Å²) >= 11 is 0. The van der Waals surface area contributed by atoms with Gasteiger partial charge >= 0.3 is 0 Å². The highest BCUT2D eigenvalue weighted by atomic mass is 14.9. The summed E-state index contributed by atoms with van der Waals surface area (Å²) in [5.41, 5.74) is 11.5. The van der Waals surface area contributed by atoms with E-state index in [1.807, 2.05) is 50.4 Å². The van der Waals surface area contributed by atoms with Gasteiger partial charge in [-0.2, -0.15) is 0 Å². The highest BCUT2D eigenvalue weighted by Gasteiger charge is 2.16. The lowest BCUT2D eigenvalue weighted by molar-refractivity contribution is 1.18. The number of fused-ring (bicyclic) bond motifs is 4. The monoisotopic (exact) mass is 565 g/mol. The van der Waals surface area contributed by atoms with E-state index in [1.54, 1.807) is 0 Å². The fraction of sp³-hybridized carbons (Fsp3) is 0.0513. The second-order valence-electron chi connectivity index (χ2n) is 11.1. The summed E-state index contributed by atoms with van der Waals surface area (Å²) in [6.45, 7) is 4.04. The average molecular weight is 566 g/mol. The van der Waals surface area contributed by atoms with Crippen molar-refractivity contribution in [2.75, 3.05) is 0 Å². The SMILES string of the molecule is Cc1ccc2ccc3c(-c4cc(-c5ccccc5)nc(-c5cccc(-c6cccc7cccnc67)c5)n4)cc(C)nc3c2n1. The van der Waals surface area contributed by atoms with Gasteiger partial charge < -0.3 is 0 Å². The van der Waals surface area contributed by atoms with Crippen molar-refractivity contribution < 1.29 is 0 Å². The molecular formula is C39H27N5. The number of hydrogen-bond donors (Lipinski definition) is 0. The minimum Gasteiger partial charge on any atom is -0.256 e. The first kappa shape index (κ1) is 25.9. The molecule has 0 spiro atoms. The molecule has 0 saturated carbocycles. The van der Waals surface area contributed by atoms with Crippen LogP contribution in [-0.2, 0) is 0 Å². The Morgan fingerprint density at radius 3 is 2.07 bits per heavy atom. The maximum Gasteiger partial charge on any atom is 0.160 e. The van der Waals surface area contributed by atoms with Crippen molar-refractivity contribution in [3.8, 4) is 45.0 Å². The van der Waals surface area contributed by atoms with Gasteiger partial charge in [0.25, 0.3) is 0 Å². The number of pyridine rings is 3. The first-order valence-electron chi connectivity index (χ1n) is 14.7. The molecule has 0 saturated heterocycles. The Morgan fingerprint density at radius 1 is 0.432 bits per heavy atom.